The SMILES string of the molecule is CC(NC(=O)C1C2CC(C(C)C2C)C1C(=O)OC1C2CC3CC(C2)CC1C3)C(=O)O. The number of carboxylic acids is 1. The molecule has 30 heavy (non-hydrogen) atoms. The van der Waals surface area contributed by atoms with E-state index in [0.29, 0.717) is 23.7 Å². The van der Waals surface area contributed by atoms with E-state index in [0.717, 1.165) is 18.3 Å². The molecule has 6 saturated carbocycles. The number of aliphatic carboxylic acids is 1. The number of amides is 1. The molecule has 1 amide bonds. The van der Waals surface area contributed by atoms with Gasteiger partial charge in [-0.3, -0.25) is 14.4 Å². The highest BCUT2D eigenvalue weighted by atomic mass is 16.5. The van der Waals surface area contributed by atoms with Gasteiger partial charge in [-0.1, -0.05) is 13.8 Å². The third-order valence-corrected chi connectivity index (χ3v) is 9.73. The van der Waals surface area contributed by atoms with Gasteiger partial charge in [-0.25, -0.2) is 0 Å². The minimum absolute atomic E-state index is 0.0267. The molecule has 0 aliphatic heterocycles. The van der Waals surface area contributed by atoms with Crippen molar-refractivity contribution in [2.45, 2.75) is 71.4 Å². The van der Waals surface area contributed by atoms with Gasteiger partial charge < -0.3 is 15.2 Å². The van der Waals surface area contributed by atoms with E-state index in [1.807, 2.05) is 0 Å². The second-order valence-corrected chi connectivity index (χ2v) is 11.2. The molecule has 6 aliphatic carbocycles. The molecular weight excluding hydrogens is 382 g/mol. The summed E-state index contributed by atoms with van der Waals surface area (Å²) in [6.45, 7) is 5.82. The molecule has 2 N–H and O–H groups in total. The van der Waals surface area contributed by atoms with E-state index in [1.54, 1.807) is 0 Å². The Morgan fingerprint density at radius 2 is 1.40 bits per heavy atom. The number of fused-ring (bicyclic) bond motifs is 2. The Hall–Kier alpha value is -1.59. The van der Waals surface area contributed by atoms with Crippen LogP contribution in [-0.2, 0) is 19.1 Å². The molecule has 6 bridgehead atoms. The fraction of sp³-hybridized carbons (Fsp3) is 0.875. The molecule has 0 heterocycles. The summed E-state index contributed by atoms with van der Waals surface area (Å²) in [4.78, 5) is 37.8. The first-order chi connectivity index (χ1) is 14.2. The summed E-state index contributed by atoms with van der Waals surface area (Å²) >= 11 is 0. The smallest absolute Gasteiger partial charge is 0.325 e. The van der Waals surface area contributed by atoms with Gasteiger partial charge in [0.1, 0.15) is 12.1 Å². The number of ether oxygens (including phenoxy) is 1. The standard InChI is InChI=1S/C24H35NO5/c1-10-11(2)18-9-17(10)19(22(26)25-12(3)23(27)28)20(18)24(29)30-21-15-5-13-4-14(7-15)8-16(21)6-13/h10-21H,4-9H2,1-3H3,(H,25,26)(H,27,28). The molecule has 6 rings (SSSR count). The first kappa shape index (κ1) is 20.3. The Labute approximate surface area is 178 Å². The van der Waals surface area contributed by atoms with E-state index in [1.165, 1.54) is 39.0 Å². The first-order valence-corrected chi connectivity index (χ1v) is 12.0. The number of rotatable bonds is 5. The summed E-state index contributed by atoms with van der Waals surface area (Å²) < 4.78 is 6.24. The first-order valence-electron chi connectivity index (χ1n) is 12.0. The third-order valence-electron chi connectivity index (χ3n) is 9.73. The van der Waals surface area contributed by atoms with Crippen LogP contribution < -0.4 is 5.32 Å². The van der Waals surface area contributed by atoms with Crippen LogP contribution in [0, 0.1) is 59.2 Å². The minimum Gasteiger partial charge on any atom is -0.480 e. The fourth-order valence-electron chi connectivity index (χ4n) is 8.33. The van der Waals surface area contributed by atoms with Crippen LogP contribution in [0.5, 0.6) is 0 Å². The molecule has 6 fully saturated rings. The van der Waals surface area contributed by atoms with Crippen molar-refractivity contribution in [3.05, 3.63) is 0 Å². The van der Waals surface area contributed by atoms with Crippen molar-refractivity contribution < 1.29 is 24.2 Å². The van der Waals surface area contributed by atoms with Gasteiger partial charge in [0.2, 0.25) is 5.91 Å². The maximum atomic E-state index is 13.5. The van der Waals surface area contributed by atoms with Crippen LogP contribution in [0.4, 0.5) is 0 Å². The number of carboxylic acid groups (broad SMARTS) is 1. The second-order valence-electron chi connectivity index (χ2n) is 11.2. The fourth-order valence-corrected chi connectivity index (χ4v) is 8.33. The number of hydrogen-bond donors (Lipinski definition) is 2. The predicted molar refractivity (Wildman–Crippen MR) is 109 cm³/mol. The summed E-state index contributed by atoms with van der Waals surface area (Å²) in [5.41, 5.74) is 0. The molecule has 0 aromatic heterocycles. The molecule has 166 valence electrons. The highest BCUT2D eigenvalue weighted by molar-refractivity contribution is 5.89. The van der Waals surface area contributed by atoms with E-state index < -0.39 is 23.8 Å². The Kier molecular flexibility index (Phi) is 4.90. The minimum atomic E-state index is -1.05. The topological polar surface area (TPSA) is 92.7 Å². The molecule has 0 saturated heterocycles. The van der Waals surface area contributed by atoms with Crippen LogP contribution in [0.2, 0.25) is 0 Å². The zero-order valence-electron chi connectivity index (χ0n) is 18.3. The lowest BCUT2D eigenvalue weighted by atomic mass is 9.55. The van der Waals surface area contributed by atoms with E-state index in [2.05, 4.69) is 19.2 Å². The molecule has 0 radical (unpaired) electrons. The van der Waals surface area contributed by atoms with Gasteiger partial charge in [-0.05, 0) is 92.8 Å². The Morgan fingerprint density at radius 1 is 0.867 bits per heavy atom. The highest BCUT2D eigenvalue weighted by Crippen LogP contribution is 2.59. The quantitative estimate of drug-likeness (QED) is 0.671. The Balaban J connectivity index is 1.34. The van der Waals surface area contributed by atoms with E-state index >= 15 is 0 Å². The molecule has 7 atom stereocenters. The summed E-state index contributed by atoms with van der Waals surface area (Å²) in [6, 6.07) is -0.953. The maximum absolute atomic E-state index is 13.5. The average Bonchev–Trinajstić information content (AvgIpc) is 3.20. The largest absolute Gasteiger partial charge is 0.480 e. The van der Waals surface area contributed by atoms with Crippen molar-refractivity contribution >= 4 is 17.8 Å². The molecule has 6 aliphatic rings. The number of carbonyl (C=O) groups excluding carboxylic acids is 2. The van der Waals surface area contributed by atoms with Crippen LogP contribution >= 0.6 is 0 Å². The number of hydrogen-bond acceptors (Lipinski definition) is 4. The summed E-state index contributed by atoms with van der Waals surface area (Å²) in [5, 5.41) is 11.8. The van der Waals surface area contributed by atoms with Gasteiger partial charge in [0.15, 0.2) is 0 Å². The summed E-state index contributed by atoms with van der Waals surface area (Å²) in [7, 11) is 0. The van der Waals surface area contributed by atoms with E-state index in [4.69, 9.17) is 4.74 Å². The van der Waals surface area contributed by atoms with Gasteiger partial charge in [-0.15, -0.1) is 0 Å². The predicted octanol–water partition coefficient (Wildman–Crippen LogP) is 3.10. The van der Waals surface area contributed by atoms with Gasteiger partial charge in [0, 0.05) is 0 Å². The van der Waals surface area contributed by atoms with Crippen molar-refractivity contribution in [3.8, 4) is 0 Å². The normalized spacial score (nSPS) is 49.1. The molecule has 0 aromatic rings. The summed E-state index contributed by atoms with van der Waals surface area (Å²) in [5.74, 6) is 1.23. The molecule has 6 nitrogen and oxygen atoms in total. The lowest BCUT2D eigenvalue weighted by Gasteiger charge is -2.53. The molecule has 6 heteroatoms. The van der Waals surface area contributed by atoms with Crippen LogP contribution in [0.1, 0.15) is 59.3 Å². The zero-order chi connectivity index (χ0) is 21.3. The number of nitrogens with one attached hydrogen (secondary N) is 1. The Morgan fingerprint density at radius 3 is 1.93 bits per heavy atom. The maximum Gasteiger partial charge on any atom is 0.325 e. The third kappa shape index (κ3) is 3.08. The monoisotopic (exact) mass is 417 g/mol. The van der Waals surface area contributed by atoms with Gasteiger partial charge in [0.25, 0.3) is 0 Å². The molecule has 7 unspecified atom stereocenters. The molecule has 0 aromatic carbocycles. The van der Waals surface area contributed by atoms with Crippen LogP contribution in [0.3, 0.4) is 0 Å². The lowest BCUT2D eigenvalue weighted by molar-refractivity contribution is -0.181. The summed E-state index contributed by atoms with van der Waals surface area (Å²) in [6.07, 6.45) is 7.01. The van der Waals surface area contributed by atoms with Gasteiger partial charge >= 0.3 is 11.9 Å². The van der Waals surface area contributed by atoms with Gasteiger partial charge in [0.05, 0.1) is 11.8 Å². The zero-order valence-corrected chi connectivity index (χ0v) is 18.3. The lowest BCUT2D eigenvalue weighted by Crippen LogP contribution is -2.53. The number of carbonyl (C=O) groups is 3. The van der Waals surface area contributed by atoms with Crippen LogP contribution in [0.25, 0.3) is 0 Å². The van der Waals surface area contributed by atoms with Crippen molar-refractivity contribution in [1.29, 1.82) is 0 Å². The second kappa shape index (κ2) is 7.23. The number of esters is 1. The van der Waals surface area contributed by atoms with Crippen molar-refractivity contribution in [1.82, 2.24) is 5.32 Å². The van der Waals surface area contributed by atoms with Gasteiger partial charge in [-0.2, -0.15) is 0 Å². The van der Waals surface area contributed by atoms with Crippen LogP contribution in [-0.4, -0.2) is 35.1 Å². The van der Waals surface area contributed by atoms with Crippen molar-refractivity contribution in [2.24, 2.45) is 59.2 Å². The van der Waals surface area contributed by atoms with E-state index in [9.17, 15) is 19.5 Å². The molecule has 0 spiro atoms. The van der Waals surface area contributed by atoms with Crippen LogP contribution in [0.15, 0.2) is 0 Å². The highest BCUT2D eigenvalue weighted by Gasteiger charge is 2.61. The van der Waals surface area contributed by atoms with Crippen molar-refractivity contribution in [2.75, 3.05) is 0 Å². The molecular formula is C24H35NO5. The van der Waals surface area contributed by atoms with Crippen molar-refractivity contribution in [3.63, 3.8) is 0 Å². The van der Waals surface area contributed by atoms with E-state index in [-0.39, 0.29) is 29.8 Å². The Bertz CT molecular complexity index is 722. The average molecular weight is 418 g/mol.